The number of fused-ring (bicyclic) bond motifs is 2. The topological polar surface area (TPSA) is 108 Å². The van der Waals surface area contributed by atoms with Crippen molar-refractivity contribution in [1.29, 1.82) is 0 Å². The van der Waals surface area contributed by atoms with E-state index in [9.17, 15) is 19.8 Å². The number of hydrogen-bond acceptors (Lipinski definition) is 5. The van der Waals surface area contributed by atoms with Crippen LogP contribution in [0.15, 0.2) is 71.8 Å². The van der Waals surface area contributed by atoms with Gasteiger partial charge in [-0.2, -0.15) is 0 Å². The van der Waals surface area contributed by atoms with Crippen LogP contribution in [0.3, 0.4) is 0 Å². The molecule has 2 aromatic carbocycles. The summed E-state index contributed by atoms with van der Waals surface area (Å²) in [6.07, 6.45) is 0.162. The van der Waals surface area contributed by atoms with Crippen LogP contribution in [0.4, 0.5) is 0 Å². The summed E-state index contributed by atoms with van der Waals surface area (Å²) in [5.74, 6) is -0.546. The number of carbonyl (C=O) groups is 2. The summed E-state index contributed by atoms with van der Waals surface area (Å²) in [5.41, 5.74) is 5.90. The Bertz CT molecular complexity index is 1320. The molecule has 8 nitrogen and oxygen atoms in total. The van der Waals surface area contributed by atoms with Crippen LogP contribution in [0.5, 0.6) is 0 Å². The van der Waals surface area contributed by atoms with Crippen molar-refractivity contribution in [3.8, 4) is 0 Å². The summed E-state index contributed by atoms with van der Waals surface area (Å²) in [6.45, 7) is 7.33. The fraction of sp³-hybridized carbons (Fsp3) is 0.321. The van der Waals surface area contributed by atoms with Gasteiger partial charge >= 0.3 is 0 Å². The molecule has 0 saturated carbocycles. The number of imidazole rings is 1. The minimum absolute atomic E-state index is 0.156. The number of allylic oxidation sites excluding steroid dienone is 2. The Morgan fingerprint density at radius 1 is 1.06 bits per heavy atom. The van der Waals surface area contributed by atoms with E-state index in [2.05, 4.69) is 14.9 Å². The normalized spacial score (nSPS) is 15.6. The number of rotatable bonds is 8. The van der Waals surface area contributed by atoms with Crippen molar-refractivity contribution in [2.24, 2.45) is 0 Å². The van der Waals surface area contributed by atoms with Crippen LogP contribution in [0, 0.1) is 6.92 Å². The molecule has 0 aliphatic carbocycles. The zero-order valence-corrected chi connectivity index (χ0v) is 20.8. The monoisotopic (exact) mass is 488 g/mol. The molecule has 0 fully saturated rings. The number of benzene rings is 2. The van der Waals surface area contributed by atoms with Gasteiger partial charge in [0.1, 0.15) is 5.82 Å². The Labute approximate surface area is 210 Å². The zero-order valence-electron chi connectivity index (χ0n) is 20.8. The van der Waals surface area contributed by atoms with E-state index in [-0.39, 0.29) is 6.54 Å². The highest BCUT2D eigenvalue weighted by atomic mass is 16.3. The van der Waals surface area contributed by atoms with Gasteiger partial charge < -0.3 is 25.0 Å². The van der Waals surface area contributed by atoms with Crippen molar-refractivity contribution < 1.29 is 19.8 Å². The second-order valence-electron chi connectivity index (χ2n) is 9.16. The molecular formula is C28H32N4O4. The molecule has 0 unspecified atom stereocenters. The van der Waals surface area contributed by atoms with Gasteiger partial charge in [0.15, 0.2) is 12.2 Å². The van der Waals surface area contributed by atoms with Crippen LogP contribution in [0.25, 0.3) is 11.0 Å². The molecule has 188 valence electrons. The van der Waals surface area contributed by atoms with Crippen LogP contribution in [-0.2, 0) is 29.2 Å². The predicted molar refractivity (Wildman–Crippen MR) is 138 cm³/mol. The molecule has 4 rings (SSSR count). The number of para-hydroxylation sites is 2. The molecule has 1 aliphatic heterocycles. The molecule has 0 radical (unpaired) electrons. The minimum Gasteiger partial charge on any atom is -0.380 e. The SMILES string of the molecule is C/C=C(\C=C(/C)Cn1c(C)nc2ccccc21)CNC(=O)[C@H](O)[C@@H](O)C(=O)N1Cc2ccccc2C1. The highest BCUT2D eigenvalue weighted by Crippen LogP contribution is 2.23. The fourth-order valence-electron chi connectivity index (χ4n) is 4.49. The van der Waals surface area contributed by atoms with Crippen LogP contribution >= 0.6 is 0 Å². The molecule has 1 aromatic heterocycles. The minimum atomic E-state index is -1.86. The van der Waals surface area contributed by atoms with Crippen molar-refractivity contribution >= 4 is 22.8 Å². The molecule has 2 atom stereocenters. The molecular weight excluding hydrogens is 456 g/mol. The van der Waals surface area contributed by atoms with Crippen molar-refractivity contribution in [2.75, 3.05) is 6.54 Å². The Balaban J connectivity index is 1.33. The smallest absolute Gasteiger partial charge is 0.255 e. The molecule has 36 heavy (non-hydrogen) atoms. The highest BCUT2D eigenvalue weighted by Gasteiger charge is 2.35. The quantitative estimate of drug-likeness (QED) is 0.423. The third-order valence-electron chi connectivity index (χ3n) is 6.50. The largest absolute Gasteiger partial charge is 0.380 e. The molecule has 3 aromatic rings. The predicted octanol–water partition coefficient (Wildman–Crippen LogP) is 2.62. The van der Waals surface area contributed by atoms with E-state index in [0.29, 0.717) is 19.6 Å². The number of carbonyl (C=O) groups excluding carboxylic acids is 2. The molecule has 1 aliphatic rings. The summed E-state index contributed by atoms with van der Waals surface area (Å²) in [6, 6.07) is 15.6. The highest BCUT2D eigenvalue weighted by molar-refractivity contribution is 5.91. The lowest BCUT2D eigenvalue weighted by molar-refractivity contribution is -0.153. The Hall–Kier alpha value is -3.75. The lowest BCUT2D eigenvalue weighted by atomic mass is 10.1. The summed E-state index contributed by atoms with van der Waals surface area (Å²) >= 11 is 0. The van der Waals surface area contributed by atoms with Gasteiger partial charge in [-0.25, -0.2) is 4.98 Å². The van der Waals surface area contributed by atoms with E-state index < -0.39 is 24.0 Å². The standard InChI is InChI=1S/C28H32N4O4/c1-4-20(13-18(2)15-32-19(3)30-23-11-7-8-12-24(23)32)14-29-27(35)25(33)26(34)28(36)31-16-21-9-5-6-10-22(21)17-31/h4-13,25-26,33-34H,14-17H2,1-3H3,(H,29,35)/b18-13+,20-4+/t25-,26-/m1/s1. The first-order valence-corrected chi connectivity index (χ1v) is 12.0. The Kier molecular flexibility index (Phi) is 7.67. The molecule has 8 heteroatoms. The lowest BCUT2D eigenvalue weighted by Gasteiger charge is -2.22. The summed E-state index contributed by atoms with van der Waals surface area (Å²) in [5, 5.41) is 23.4. The van der Waals surface area contributed by atoms with Gasteiger partial charge in [0, 0.05) is 26.2 Å². The maximum absolute atomic E-state index is 12.7. The number of aromatic nitrogens is 2. The average Bonchev–Trinajstić information content (AvgIpc) is 3.45. The molecule has 3 N–H and O–H groups in total. The number of hydrogen-bond donors (Lipinski definition) is 3. The molecule has 0 spiro atoms. The van der Waals surface area contributed by atoms with Gasteiger partial charge in [0.25, 0.3) is 11.8 Å². The first-order chi connectivity index (χ1) is 17.3. The third kappa shape index (κ3) is 5.40. The number of aliphatic hydroxyl groups excluding tert-OH is 2. The van der Waals surface area contributed by atoms with Crippen molar-refractivity contribution in [1.82, 2.24) is 19.8 Å². The molecule has 2 heterocycles. The molecule has 0 bridgehead atoms. The number of aryl methyl sites for hydroxylation is 1. The average molecular weight is 489 g/mol. The van der Waals surface area contributed by atoms with Gasteiger partial charge in [-0.05, 0) is 49.6 Å². The van der Waals surface area contributed by atoms with Crippen LogP contribution < -0.4 is 5.32 Å². The third-order valence-corrected chi connectivity index (χ3v) is 6.50. The summed E-state index contributed by atoms with van der Waals surface area (Å²) < 4.78 is 2.13. The number of nitrogens with zero attached hydrogens (tertiary/aromatic N) is 3. The van der Waals surface area contributed by atoms with E-state index in [1.807, 2.05) is 81.5 Å². The number of aliphatic hydroxyl groups is 2. The van der Waals surface area contributed by atoms with E-state index in [4.69, 9.17) is 0 Å². The number of nitrogens with one attached hydrogen (secondary N) is 1. The summed E-state index contributed by atoms with van der Waals surface area (Å²) in [7, 11) is 0. The van der Waals surface area contributed by atoms with E-state index in [1.54, 1.807) is 0 Å². The van der Waals surface area contributed by atoms with Crippen LogP contribution in [0.2, 0.25) is 0 Å². The fourth-order valence-corrected chi connectivity index (χ4v) is 4.49. The Morgan fingerprint density at radius 2 is 1.69 bits per heavy atom. The van der Waals surface area contributed by atoms with Gasteiger partial charge in [0.2, 0.25) is 0 Å². The second kappa shape index (κ2) is 10.9. The zero-order chi connectivity index (χ0) is 25.8. The van der Waals surface area contributed by atoms with Crippen LogP contribution in [-0.4, -0.2) is 55.2 Å². The van der Waals surface area contributed by atoms with Crippen molar-refractivity contribution in [2.45, 2.75) is 52.6 Å². The van der Waals surface area contributed by atoms with Crippen LogP contribution in [0.1, 0.15) is 30.8 Å². The van der Waals surface area contributed by atoms with E-state index in [1.165, 1.54) is 4.90 Å². The van der Waals surface area contributed by atoms with Gasteiger partial charge in [0.05, 0.1) is 11.0 Å². The first-order valence-electron chi connectivity index (χ1n) is 12.0. The second-order valence-corrected chi connectivity index (χ2v) is 9.16. The maximum Gasteiger partial charge on any atom is 0.255 e. The first kappa shape index (κ1) is 25.3. The molecule has 2 amide bonds. The van der Waals surface area contributed by atoms with Crippen molar-refractivity contribution in [3.05, 3.63) is 88.8 Å². The Morgan fingerprint density at radius 3 is 2.36 bits per heavy atom. The van der Waals surface area contributed by atoms with Gasteiger partial charge in [-0.3, -0.25) is 9.59 Å². The van der Waals surface area contributed by atoms with Gasteiger partial charge in [-0.15, -0.1) is 0 Å². The van der Waals surface area contributed by atoms with E-state index >= 15 is 0 Å². The van der Waals surface area contributed by atoms with E-state index in [0.717, 1.165) is 39.1 Å². The van der Waals surface area contributed by atoms with Gasteiger partial charge in [-0.1, -0.05) is 54.1 Å². The maximum atomic E-state index is 12.7. The number of amides is 2. The van der Waals surface area contributed by atoms with Crippen molar-refractivity contribution in [3.63, 3.8) is 0 Å². The lowest BCUT2D eigenvalue weighted by Crippen LogP contribution is -2.49. The molecule has 0 saturated heterocycles. The summed E-state index contributed by atoms with van der Waals surface area (Å²) in [4.78, 5) is 31.2.